The minimum absolute atomic E-state index is 0.602. The Balaban J connectivity index is 2.10. The molecular weight excluding hydrogens is 252 g/mol. The molecule has 0 fully saturated rings. The third-order valence-electron chi connectivity index (χ3n) is 2.50. The highest BCUT2D eigenvalue weighted by atomic mass is 35.5. The normalized spacial score (nSPS) is 10.6. The Morgan fingerprint density at radius 1 is 1.44 bits per heavy atom. The quantitative estimate of drug-likeness (QED) is 0.895. The van der Waals surface area contributed by atoms with Crippen LogP contribution >= 0.6 is 11.6 Å². The van der Waals surface area contributed by atoms with E-state index in [0.717, 1.165) is 11.3 Å². The molecule has 6 heteroatoms. The Hall–Kier alpha value is -1.59. The molecule has 5 nitrogen and oxygen atoms in total. The van der Waals surface area contributed by atoms with E-state index in [1.165, 1.54) is 0 Å². The summed E-state index contributed by atoms with van der Waals surface area (Å²) in [6.07, 6.45) is 1.91. The maximum atomic E-state index is 6.07. The summed E-state index contributed by atoms with van der Waals surface area (Å²) in [7, 11) is 3.48. The zero-order chi connectivity index (χ0) is 13.0. The van der Waals surface area contributed by atoms with Gasteiger partial charge in [0.1, 0.15) is 5.75 Å². The Morgan fingerprint density at radius 2 is 2.28 bits per heavy atom. The maximum absolute atomic E-state index is 6.07. The highest BCUT2D eigenvalue weighted by Crippen LogP contribution is 2.25. The molecule has 96 valence electrons. The molecule has 2 aromatic rings. The Morgan fingerprint density at radius 3 is 2.94 bits per heavy atom. The summed E-state index contributed by atoms with van der Waals surface area (Å²) >= 11 is 6.07. The fourth-order valence-electron chi connectivity index (χ4n) is 1.67. The van der Waals surface area contributed by atoms with Gasteiger partial charge >= 0.3 is 0 Å². The van der Waals surface area contributed by atoms with Gasteiger partial charge < -0.3 is 10.1 Å². The molecule has 18 heavy (non-hydrogen) atoms. The number of methoxy groups -OCH3 is 1. The summed E-state index contributed by atoms with van der Waals surface area (Å²) in [5.74, 6) is 0.676. The zero-order valence-electron chi connectivity index (χ0n) is 10.4. The average molecular weight is 267 g/mol. The van der Waals surface area contributed by atoms with Crippen LogP contribution in [0.5, 0.6) is 5.75 Å². The first-order chi connectivity index (χ1) is 8.72. The number of benzene rings is 1. The average Bonchev–Trinajstić information content (AvgIpc) is 2.77. The summed E-state index contributed by atoms with van der Waals surface area (Å²) in [5.41, 5.74) is 1.97. The van der Waals surface area contributed by atoms with Crippen LogP contribution in [0, 0.1) is 0 Å². The van der Waals surface area contributed by atoms with E-state index in [1.54, 1.807) is 11.8 Å². The number of aromatic nitrogens is 3. The number of ether oxygens (including phenoxy) is 1. The van der Waals surface area contributed by atoms with E-state index in [4.69, 9.17) is 16.3 Å². The zero-order valence-corrected chi connectivity index (χ0v) is 11.1. The van der Waals surface area contributed by atoms with Gasteiger partial charge in [-0.3, -0.25) is 0 Å². The lowest BCUT2D eigenvalue weighted by atomic mass is 10.2. The van der Waals surface area contributed by atoms with Crippen molar-refractivity contribution in [1.29, 1.82) is 0 Å². The molecule has 1 heterocycles. The van der Waals surface area contributed by atoms with E-state index < -0.39 is 0 Å². The Bertz CT molecular complexity index is 527. The van der Waals surface area contributed by atoms with E-state index in [0.29, 0.717) is 23.9 Å². The monoisotopic (exact) mass is 266 g/mol. The van der Waals surface area contributed by atoms with Gasteiger partial charge in [-0.15, -0.1) is 5.10 Å². The highest BCUT2D eigenvalue weighted by molar-refractivity contribution is 6.32. The van der Waals surface area contributed by atoms with Crippen LogP contribution in [0.15, 0.2) is 24.4 Å². The molecule has 1 N–H and O–H groups in total. The fourth-order valence-corrected chi connectivity index (χ4v) is 1.95. The van der Waals surface area contributed by atoms with Crippen LogP contribution < -0.4 is 10.1 Å². The van der Waals surface area contributed by atoms with Gasteiger partial charge in [-0.25, -0.2) is 4.68 Å². The summed E-state index contributed by atoms with van der Waals surface area (Å²) in [4.78, 5) is 0. The van der Waals surface area contributed by atoms with Gasteiger partial charge in [0.15, 0.2) is 0 Å². The van der Waals surface area contributed by atoms with Gasteiger partial charge in [0.25, 0.3) is 0 Å². The summed E-state index contributed by atoms with van der Waals surface area (Å²) in [6.45, 7) is 1.35. The summed E-state index contributed by atoms with van der Waals surface area (Å²) < 4.78 is 6.89. The van der Waals surface area contributed by atoms with Gasteiger partial charge in [0.2, 0.25) is 0 Å². The molecule has 1 aromatic carbocycles. The van der Waals surface area contributed by atoms with Gasteiger partial charge in [-0.05, 0) is 24.7 Å². The van der Waals surface area contributed by atoms with E-state index in [1.807, 2.05) is 31.4 Å². The standard InChI is InChI=1S/C12H15ClN4O/c1-14-6-10-8-17(16-15-10)7-9-3-4-12(18-2)11(13)5-9/h3-5,8,14H,6-7H2,1-2H3. The van der Waals surface area contributed by atoms with Crippen molar-refractivity contribution in [1.82, 2.24) is 20.3 Å². The van der Waals surface area contributed by atoms with Crippen molar-refractivity contribution >= 4 is 11.6 Å². The molecule has 0 spiro atoms. The second-order valence-corrected chi connectivity index (χ2v) is 4.31. The first-order valence-corrected chi connectivity index (χ1v) is 5.96. The van der Waals surface area contributed by atoms with Gasteiger partial charge in [-0.1, -0.05) is 22.9 Å². The number of hydrogen-bond donors (Lipinski definition) is 1. The lowest BCUT2D eigenvalue weighted by molar-refractivity contribution is 0.415. The second-order valence-electron chi connectivity index (χ2n) is 3.91. The first kappa shape index (κ1) is 12.9. The predicted octanol–water partition coefficient (Wildman–Crippen LogP) is 1.71. The molecule has 0 radical (unpaired) electrons. The number of rotatable bonds is 5. The van der Waals surface area contributed by atoms with Gasteiger partial charge in [0.05, 0.1) is 30.6 Å². The third kappa shape index (κ3) is 3.00. The maximum Gasteiger partial charge on any atom is 0.137 e. The number of nitrogens with zero attached hydrogens (tertiary/aromatic N) is 3. The Kier molecular flexibility index (Phi) is 4.17. The Labute approximate surface area is 111 Å². The molecule has 0 amide bonds. The molecular formula is C12H15ClN4O. The minimum atomic E-state index is 0.602. The van der Waals surface area contributed by atoms with Crippen molar-refractivity contribution < 1.29 is 4.74 Å². The molecule has 0 aliphatic carbocycles. The topological polar surface area (TPSA) is 52.0 Å². The van der Waals surface area contributed by atoms with Crippen LogP contribution in [0.1, 0.15) is 11.3 Å². The molecule has 0 bridgehead atoms. The van der Waals surface area contributed by atoms with Crippen LogP contribution in [-0.4, -0.2) is 29.2 Å². The first-order valence-electron chi connectivity index (χ1n) is 5.59. The largest absolute Gasteiger partial charge is 0.495 e. The molecule has 0 unspecified atom stereocenters. The van der Waals surface area contributed by atoms with Crippen LogP contribution in [0.2, 0.25) is 5.02 Å². The molecule has 1 aromatic heterocycles. The smallest absolute Gasteiger partial charge is 0.137 e. The van der Waals surface area contributed by atoms with Crippen molar-refractivity contribution in [3.63, 3.8) is 0 Å². The van der Waals surface area contributed by atoms with Crippen molar-refractivity contribution in [2.45, 2.75) is 13.1 Å². The minimum Gasteiger partial charge on any atom is -0.495 e. The van der Waals surface area contributed by atoms with Crippen LogP contribution in [0.25, 0.3) is 0 Å². The van der Waals surface area contributed by atoms with E-state index in [2.05, 4.69) is 15.6 Å². The predicted molar refractivity (Wildman–Crippen MR) is 69.9 cm³/mol. The molecule has 2 rings (SSSR count). The van der Waals surface area contributed by atoms with E-state index >= 15 is 0 Å². The molecule has 0 aliphatic heterocycles. The summed E-state index contributed by atoms with van der Waals surface area (Å²) in [5, 5.41) is 11.7. The van der Waals surface area contributed by atoms with Crippen molar-refractivity contribution in [2.75, 3.05) is 14.2 Å². The van der Waals surface area contributed by atoms with Crippen molar-refractivity contribution in [2.24, 2.45) is 0 Å². The number of halogens is 1. The van der Waals surface area contributed by atoms with Gasteiger partial charge in [-0.2, -0.15) is 0 Å². The molecule has 0 aliphatic rings. The summed E-state index contributed by atoms with van der Waals surface area (Å²) in [6, 6.07) is 5.69. The molecule has 0 saturated heterocycles. The molecule has 0 atom stereocenters. The SMILES string of the molecule is CNCc1cn(Cc2ccc(OC)c(Cl)c2)nn1. The van der Waals surface area contributed by atoms with Crippen LogP contribution in [0.3, 0.4) is 0 Å². The highest BCUT2D eigenvalue weighted by Gasteiger charge is 2.04. The van der Waals surface area contributed by atoms with Crippen LogP contribution in [0.4, 0.5) is 0 Å². The van der Waals surface area contributed by atoms with Crippen molar-refractivity contribution in [3.8, 4) is 5.75 Å². The lowest BCUT2D eigenvalue weighted by Crippen LogP contribution is -2.05. The number of nitrogens with one attached hydrogen (secondary N) is 1. The van der Waals surface area contributed by atoms with Gasteiger partial charge in [0, 0.05) is 6.54 Å². The van der Waals surface area contributed by atoms with Crippen LogP contribution in [-0.2, 0) is 13.1 Å². The van der Waals surface area contributed by atoms with Crippen molar-refractivity contribution in [3.05, 3.63) is 40.7 Å². The third-order valence-corrected chi connectivity index (χ3v) is 2.80. The lowest BCUT2D eigenvalue weighted by Gasteiger charge is -2.05. The fraction of sp³-hybridized carbons (Fsp3) is 0.333. The molecule has 0 saturated carbocycles. The van der Waals surface area contributed by atoms with E-state index in [9.17, 15) is 0 Å². The van der Waals surface area contributed by atoms with E-state index in [-0.39, 0.29) is 0 Å². The second kappa shape index (κ2) is 5.84. The number of hydrogen-bond acceptors (Lipinski definition) is 4.